The summed E-state index contributed by atoms with van der Waals surface area (Å²) in [5, 5.41) is 30.7. The Kier molecular flexibility index (Phi) is 5.73. The summed E-state index contributed by atoms with van der Waals surface area (Å²) in [7, 11) is 0. The van der Waals surface area contributed by atoms with Crippen molar-refractivity contribution in [1.29, 1.82) is 0 Å². The van der Waals surface area contributed by atoms with Crippen LogP contribution < -0.4 is 0 Å². The molecule has 4 nitrogen and oxygen atoms in total. The molecule has 0 aromatic rings. The number of aliphatic hydroxyl groups is 2. The van der Waals surface area contributed by atoms with Gasteiger partial charge in [0.25, 0.3) is 0 Å². The SMILES string of the molecule is C=C(C)C(OO)C(O)CC(C)C1CCC2(C)C3CCC4C(C)C(O)CCC45CC35CCC12C. The lowest BCUT2D eigenvalue weighted by Gasteiger charge is -2.62. The van der Waals surface area contributed by atoms with Gasteiger partial charge < -0.3 is 10.2 Å². The van der Waals surface area contributed by atoms with Crippen LogP contribution in [0.25, 0.3) is 0 Å². The van der Waals surface area contributed by atoms with Crippen molar-refractivity contribution >= 4 is 0 Å². The molecule has 0 amide bonds. The van der Waals surface area contributed by atoms with Crippen molar-refractivity contribution in [2.45, 2.75) is 117 Å². The van der Waals surface area contributed by atoms with E-state index < -0.39 is 12.2 Å². The predicted octanol–water partition coefficient (Wildman–Crippen LogP) is 6.22. The van der Waals surface area contributed by atoms with Crippen LogP contribution >= 0.6 is 0 Å². The maximum atomic E-state index is 10.8. The Balaban J connectivity index is 1.37. The molecule has 0 aromatic heterocycles. The van der Waals surface area contributed by atoms with E-state index in [9.17, 15) is 15.5 Å². The van der Waals surface area contributed by atoms with E-state index in [0.29, 0.717) is 51.4 Å². The highest BCUT2D eigenvalue weighted by molar-refractivity contribution is 5.29. The molecular formula is C29H48O4. The normalized spacial score (nSPS) is 53.2. The van der Waals surface area contributed by atoms with Crippen LogP contribution in [0.3, 0.4) is 0 Å². The lowest BCUT2D eigenvalue weighted by Crippen LogP contribution is -2.56. The van der Waals surface area contributed by atoms with Crippen LogP contribution in [0.2, 0.25) is 0 Å². The molecule has 0 heterocycles. The highest BCUT2D eigenvalue weighted by Gasteiger charge is 2.81. The fourth-order valence-electron chi connectivity index (χ4n) is 11.1. The van der Waals surface area contributed by atoms with Crippen molar-refractivity contribution in [1.82, 2.24) is 0 Å². The summed E-state index contributed by atoms with van der Waals surface area (Å²) in [4.78, 5) is 4.58. The molecule has 0 saturated heterocycles. The van der Waals surface area contributed by atoms with Crippen LogP contribution in [0.4, 0.5) is 0 Å². The molecule has 5 fully saturated rings. The molecule has 188 valence electrons. The number of aliphatic hydroxyl groups excluding tert-OH is 2. The summed E-state index contributed by atoms with van der Waals surface area (Å²) in [6, 6.07) is 0. The van der Waals surface area contributed by atoms with Crippen LogP contribution in [0.1, 0.15) is 98.8 Å². The Morgan fingerprint density at radius 2 is 1.76 bits per heavy atom. The van der Waals surface area contributed by atoms with E-state index in [1.165, 1.54) is 51.4 Å². The second-order valence-electron chi connectivity index (χ2n) is 13.8. The van der Waals surface area contributed by atoms with Gasteiger partial charge in [0.1, 0.15) is 6.10 Å². The Hall–Kier alpha value is -0.420. The highest BCUT2D eigenvalue weighted by Crippen LogP contribution is 2.88. The zero-order valence-corrected chi connectivity index (χ0v) is 21.6. The first-order valence-electron chi connectivity index (χ1n) is 13.8. The first-order chi connectivity index (χ1) is 15.5. The van der Waals surface area contributed by atoms with Crippen LogP contribution in [0.15, 0.2) is 12.2 Å². The van der Waals surface area contributed by atoms with Crippen LogP contribution in [-0.2, 0) is 4.89 Å². The average molecular weight is 461 g/mol. The third kappa shape index (κ3) is 3.02. The van der Waals surface area contributed by atoms with E-state index in [0.717, 1.165) is 18.3 Å². The van der Waals surface area contributed by atoms with Gasteiger partial charge in [-0.15, -0.1) is 0 Å². The predicted molar refractivity (Wildman–Crippen MR) is 130 cm³/mol. The summed E-state index contributed by atoms with van der Waals surface area (Å²) >= 11 is 0. The second-order valence-corrected chi connectivity index (χ2v) is 13.8. The molecular weight excluding hydrogens is 412 g/mol. The Morgan fingerprint density at radius 1 is 1.03 bits per heavy atom. The molecule has 12 atom stereocenters. The van der Waals surface area contributed by atoms with E-state index >= 15 is 0 Å². The fourth-order valence-corrected chi connectivity index (χ4v) is 11.1. The molecule has 4 heteroatoms. The van der Waals surface area contributed by atoms with Crippen molar-refractivity contribution in [2.24, 2.45) is 51.2 Å². The van der Waals surface area contributed by atoms with Crippen molar-refractivity contribution < 1.29 is 20.4 Å². The molecule has 5 saturated carbocycles. The lowest BCUT2D eigenvalue weighted by atomic mass is 9.43. The van der Waals surface area contributed by atoms with E-state index in [-0.39, 0.29) is 6.10 Å². The summed E-state index contributed by atoms with van der Waals surface area (Å²) in [6.07, 6.45) is 10.7. The maximum Gasteiger partial charge on any atom is 0.139 e. The van der Waals surface area contributed by atoms with Gasteiger partial charge >= 0.3 is 0 Å². The molecule has 3 N–H and O–H groups in total. The second kappa shape index (κ2) is 7.79. The van der Waals surface area contributed by atoms with Gasteiger partial charge in [-0.05, 0) is 128 Å². The van der Waals surface area contributed by atoms with Gasteiger partial charge in [0.15, 0.2) is 0 Å². The molecule has 2 spiro atoms. The van der Waals surface area contributed by atoms with E-state index in [2.05, 4.69) is 39.2 Å². The third-order valence-corrected chi connectivity index (χ3v) is 13.0. The van der Waals surface area contributed by atoms with Gasteiger partial charge in [-0.1, -0.05) is 34.3 Å². The third-order valence-electron chi connectivity index (χ3n) is 13.0. The van der Waals surface area contributed by atoms with Gasteiger partial charge in [0.2, 0.25) is 0 Å². The molecule has 0 radical (unpaired) electrons. The fraction of sp³-hybridized carbons (Fsp3) is 0.931. The smallest absolute Gasteiger partial charge is 0.139 e. The van der Waals surface area contributed by atoms with Gasteiger partial charge in [-0.3, -0.25) is 5.26 Å². The average Bonchev–Trinajstić information content (AvgIpc) is 3.33. The van der Waals surface area contributed by atoms with Gasteiger partial charge in [0, 0.05) is 0 Å². The van der Waals surface area contributed by atoms with Crippen molar-refractivity contribution in [3.8, 4) is 0 Å². The Morgan fingerprint density at radius 3 is 2.42 bits per heavy atom. The molecule has 0 aromatic carbocycles. The molecule has 5 aliphatic rings. The van der Waals surface area contributed by atoms with Crippen molar-refractivity contribution in [2.75, 3.05) is 0 Å². The first-order valence-corrected chi connectivity index (χ1v) is 13.8. The molecule has 5 rings (SSSR count). The first kappa shape index (κ1) is 24.3. The summed E-state index contributed by atoms with van der Waals surface area (Å²) < 4.78 is 0. The highest BCUT2D eigenvalue weighted by atomic mass is 17.1. The van der Waals surface area contributed by atoms with Crippen molar-refractivity contribution in [3.05, 3.63) is 12.2 Å². The summed E-state index contributed by atoms with van der Waals surface area (Å²) in [5.41, 5.74) is 2.39. The van der Waals surface area contributed by atoms with E-state index in [4.69, 9.17) is 0 Å². The standard InChI is InChI=1S/C29H48O4/c1-17(2)25(33-32)23(31)15-18(3)20-9-11-27(6)24-8-7-21-19(4)22(30)10-12-28(21)16-29(24,28)14-13-26(20,27)5/h18-25,30-32H,1,7-16H2,2-6H3. The van der Waals surface area contributed by atoms with E-state index in [1.807, 2.05) is 0 Å². The number of hydrogen-bond donors (Lipinski definition) is 3. The number of rotatable bonds is 6. The zero-order chi connectivity index (χ0) is 24.0. The minimum absolute atomic E-state index is 0.0895. The Labute approximate surface area is 201 Å². The summed E-state index contributed by atoms with van der Waals surface area (Å²) in [6.45, 7) is 15.5. The van der Waals surface area contributed by atoms with Crippen LogP contribution in [0, 0.1) is 51.2 Å². The maximum absolute atomic E-state index is 10.8. The van der Waals surface area contributed by atoms with Crippen molar-refractivity contribution in [3.63, 3.8) is 0 Å². The number of hydrogen-bond acceptors (Lipinski definition) is 4. The van der Waals surface area contributed by atoms with E-state index in [1.54, 1.807) is 6.92 Å². The molecule has 0 aliphatic heterocycles. The number of fused-ring (bicyclic) bond motifs is 2. The molecule has 33 heavy (non-hydrogen) atoms. The largest absolute Gasteiger partial charge is 0.393 e. The molecule has 0 bridgehead atoms. The van der Waals surface area contributed by atoms with Gasteiger partial charge in [0.05, 0.1) is 12.2 Å². The summed E-state index contributed by atoms with van der Waals surface area (Å²) in [5.74, 6) is 2.99. The van der Waals surface area contributed by atoms with Crippen LogP contribution in [-0.4, -0.2) is 33.8 Å². The quantitative estimate of drug-likeness (QED) is 0.250. The minimum atomic E-state index is -0.717. The lowest BCUT2D eigenvalue weighted by molar-refractivity contribution is -0.287. The Bertz CT molecular complexity index is 796. The van der Waals surface area contributed by atoms with Gasteiger partial charge in [-0.2, -0.15) is 0 Å². The monoisotopic (exact) mass is 460 g/mol. The zero-order valence-electron chi connectivity index (χ0n) is 21.6. The molecule has 5 aliphatic carbocycles. The van der Waals surface area contributed by atoms with Crippen LogP contribution in [0.5, 0.6) is 0 Å². The molecule has 12 unspecified atom stereocenters. The van der Waals surface area contributed by atoms with Gasteiger partial charge in [-0.25, -0.2) is 4.89 Å². The minimum Gasteiger partial charge on any atom is -0.393 e. The topological polar surface area (TPSA) is 69.9 Å².